The minimum absolute atomic E-state index is 0.0262. The number of alkyl halides is 1. The van der Waals surface area contributed by atoms with E-state index in [-0.39, 0.29) is 17.7 Å². The molecule has 0 aliphatic carbocycles. The van der Waals surface area contributed by atoms with E-state index in [1.54, 1.807) is 22.3 Å². The van der Waals surface area contributed by atoms with Gasteiger partial charge in [-0.2, -0.15) is 0 Å². The number of aromatic nitrogens is 2. The number of hydrogen-bond donors (Lipinski definition) is 1. The molecule has 10 heteroatoms. The molecule has 0 spiro atoms. The normalized spacial score (nSPS) is 16.1. The SMILES string of the molecule is Cc1ncsc1-c1ccc(CNC(=O)C2CCCN2C(=O)C(c2cc(OCCCCBr)no2)C(C)C)cc1. The van der Waals surface area contributed by atoms with Crippen LogP contribution in [0.2, 0.25) is 0 Å². The average molecular weight is 604 g/mol. The Morgan fingerprint density at radius 2 is 2.05 bits per heavy atom. The van der Waals surface area contributed by atoms with Crippen LogP contribution in [0.1, 0.15) is 62.5 Å². The molecule has 3 aromatic rings. The Balaban J connectivity index is 1.36. The predicted octanol–water partition coefficient (Wildman–Crippen LogP) is 5.71. The third-order valence-electron chi connectivity index (χ3n) is 6.79. The number of halogens is 1. The van der Waals surface area contributed by atoms with Crippen LogP contribution in [0.4, 0.5) is 0 Å². The number of ether oxygens (including phenoxy) is 1. The zero-order valence-corrected chi connectivity index (χ0v) is 24.5. The van der Waals surface area contributed by atoms with Gasteiger partial charge in [0.25, 0.3) is 5.88 Å². The highest BCUT2D eigenvalue weighted by atomic mass is 79.9. The zero-order valence-electron chi connectivity index (χ0n) is 22.1. The van der Waals surface area contributed by atoms with E-state index in [0.717, 1.165) is 46.3 Å². The van der Waals surface area contributed by atoms with Crippen LogP contribution in [0.5, 0.6) is 5.88 Å². The molecule has 0 radical (unpaired) electrons. The summed E-state index contributed by atoms with van der Waals surface area (Å²) in [5, 5.41) is 7.97. The van der Waals surface area contributed by atoms with Crippen molar-refractivity contribution in [3.05, 3.63) is 52.9 Å². The first-order valence-corrected chi connectivity index (χ1v) is 15.1. The van der Waals surface area contributed by atoms with Gasteiger partial charge in [-0.25, -0.2) is 4.98 Å². The lowest BCUT2D eigenvalue weighted by molar-refractivity contribution is -0.140. The summed E-state index contributed by atoms with van der Waals surface area (Å²) < 4.78 is 11.2. The number of likely N-dealkylation sites (tertiary alicyclic amines) is 1. The second kappa shape index (κ2) is 13.4. The highest BCUT2D eigenvalue weighted by molar-refractivity contribution is 9.09. The van der Waals surface area contributed by atoms with Crippen LogP contribution in [0.15, 0.2) is 40.4 Å². The number of rotatable bonds is 12. The predicted molar refractivity (Wildman–Crippen MR) is 151 cm³/mol. The number of thiazole rings is 1. The molecular formula is C28H35BrN4O4S. The molecule has 1 aliphatic rings. The largest absolute Gasteiger partial charge is 0.476 e. The third-order valence-corrected chi connectivity index (χ3v) is 8.33. The molecule has 38 heavy (non-hydrogen) atoms. The quantitative estimate of drug-likeness (QED) is 0.211. The summed E-state index contributed by atoms with van der Waals surface area (Å²) in [4.78, 5) is 34.0. The summed E-state index contributed by atoms with van der Waals surface area (Å²) in [5.74, 6) is 0.0707. The van der Waals surface area contributed by atoms with Crippen molar-refractivity contribution in [2.75, 3.05) is 18.5 Å². The number of benzene rings is 1. The Morgan fingerprint density at radius 1 is 1.26 bits per heavy atom. The molecular weight excluding hydrogens is 568 g/mol. The maximum Gasteiger partial charge on any atom is 0.254 e. The Bertz CT molecular complexity index is 1210. The van der Waals surface area contributed by atoms with Crippen LogP contribution in [0, 0.1) is 12.8 Å². The minimum Gasteiger partial charge on any atom is -0.476 e. The summed E-state index contributed by atoms with van der Waals surface area (Å²) in [6.45, 7) is 7.45. The van der Waals surface area contributed by atoms with Crippen molar-refractivity contribution in [2.45, 2.75) is 65.0 Å². The lowest BCUT2D eigenvalue weighted by Gasteiger charge is -2.28. The van der Waals surface area contributed by atoms with Gasteiger partial charge in [0, 0.05) is 24.5 Å². The van der Waals surface area contributed by atoms with Crippen LogP contribution in [0.25, 0.3) is 10.4 Å². The van der Waals surface area contributed by atoms with Gasteiger partial charge >= 0.3 is 0 Å². The van der Waals surface area contributed by atoms with Gasteiger partial charge in [-0.15, -0.1) is 11.3 Å². The molecule has 2 atom stereocenters. The first-order chi connectivity index (χ1) is 18.4. The van der Waals surface area contributed by atoms with Crippen LogP contribution in [0.3, 0.4) is 0 Å². The van der Waals surface area contributed by atoms with E-state index in [0.29, 0.717) is 37.8 Å². The maximum absolute atomic E-state index is 13.7. The number of aryl methyl sites for hydroxylation is 1. The second-order valence-corrected chi connectivity index (χ2v) is 11.6. The number of hydrogen-bond acceptors (Lipinski definition) is 7. The summed E-state index contributed by atoms with van der Waals surface area (Å²) in [6, 6.07) is 9.36. The average Bonchev–Trinajstić information content (AvgIpc) is 3.67. The Kier molecular flexibility index (Phi) is 9.96. The van der Waals surface area contributed by atoms with Gasteiger partial charge in [0.2, 0.25) is 11.8 Å². The first kappa shape index (κ1) is 28.3. The smallest absolute Gasteiger partial charge is 0.254 e. The van der Waals surface area contributed by atoms with Gasteiger partial charge in [0.05, 0.1) is 22.7 Å². The van der Waals surface area contributed by atoms with Crippen molar-refractivity contribution in [1.82, 2.24) is 20.4 Å². The molecule has 4 rings (SSSR count). The van der Waals surface area contributed by atoms with E-state index >= 15 is 0 Å². The molecule has 1 fully saturated rings. The van der Waals surface area contributed by atoms with E-state index < -0.39 is 12.0 Å². The topological polar surface area (TPSA) is 97.6 Å². The lowest BCUT2D eigenvalue weighted by Crippen LogP contribution is -2.47. The van der Waals surface area contributed by atoms with Crippen molar-refractivity contribution >= 4 is 39.1 Å². The summed E-state index contributed by atoms with van der Waals surface area (Å²) >= 11 is 5.03. The number of carbonyl (C=O) groups is 2. The highest BCUT2D eigenvalue weighted by Crippen LogP contribution is 2.32. The zero-order chi connectivity index (χ0) is 27.1. The van der Waals surface area contributed by atoms with Crippen LogP contribution < -0.4 is 10.1 Å². The third kappa shape index (κ3) is 6.83. The molecule has 1 N–H and O–H groups in total. The van der Waals surface area contributed by atoms with E-state index in [2.05, 4.69) is 43.5 Å². The Hall–Kier alpha value is -2.72. The molecule has 0 saturated carbocycles. The van der Waals surface area contributed by atoms with Crippen molar-refractivity contribution in [1.29, 1.82) is 0 Å². The maximum atomic E-state index is 13.7. The van der Waals surface area contributed by atoms with Crippen LogP contribution in [-0.4, -0.2) is 51.4 Å². The first-order valence-electron chi connectivity index (χ1n) is 13.1. The van der Waals surface area contributed by atoms with Gasteiger partial charge in [-0.05, 0) is 54.8 Å². The fraction of sp³-hybridized carbons (Fsp3) is 0.500. The van der Waals surface area contributed by atoms with Gasteiger partial charge < -0.3 is 19.5 Å². The van der Waals surface area contributed by atoms with E-state index in [1.165, 1.54) is 0 Å². The number of unbranched alkanes of at least 4 members (excludes halogenated alkanes) is 1. The number of carbonyl (C=O) groups excluding carboxylic acids is 2. The Morgan fingerprint density at radius 3 is 2.74 bits per heavy atom. The van der Waals surface area contributed by atoms with Crippen LogP contribution >= 0.6 is 27.3 Å². The lowest BCUT2D eigenvalue weighted by atomic mass is 9.91. The van der Waals surface area contributed by atoms with Gasteiger partial charge in [0.15, 0.2) is 5.76 Å². The van der Waals surface area contributed by atoms with E-state index in [4.69, 9.17) is 9.26 Å². The molecule has 2 amide bonds. The molecule has 1 aliphatic heterocycles. The number of amides is 2. The molecule has 8 nitrogen and oxygen atoms in total. The summed E-state index contributed by atoms with van der Waals surface area (Å²) in [7, 11) is 0. The molecule has 1 saturated heterocycles. The van der Waals surface area contributed by atoms with Gasteiger partial charge in [-0.1, -0.05) is 54.0 Å². The minimum atomic E-state index is -0.529. The summed E-state index contributed by atoms with van der Waals surface area (Å²) in [5.41, 5.74) is 4.98. The van der Waals surface area contributed by atoms with Crippen LogP contribution in [-0.2, 0) is 16.1 Å². The summed E-state index contributed by atoms with van der Waals surface area (Å²) in [6.07, 6.45) is 3.34. The van der Waals surface area contributed by atoms with E-state index in [9.17, 15) is 9.59 Å². The second-order valence-electron chi connectivity index (χ2n) is 9.91. The molecule has 0 bridgehead atoms. The Labute approximate surface area is 236 Å². The van der Waals surface area contributed by atoms with Crippen molar-refractivity contribution in [3.8, 4) is 16.3 Å². The molecule has 3 heterocycles. The monoisotopic (exact) mass is 602 g/mol. The van der Waals surface area contributed by atoms with Crippen molar-refractivity contribution in [3.63, 3.8) is 0 Å². The fourth-order valence-electron chi connectivity index (χ4n) is 4.74. The highest BCUT2D eigenvalue weighted by Gasteiger charge is 2.40. The van der Waals surface area contributed by atoms with Gasteiger partial charge in [0.1, 0.15) is 12.0 Å². The fourth-order valence-corrected chi connectivity index (χ4v) is 5.95. The molecule has 2 unspecified atom stereocenters. The van der Waals surface area contributed by atoms with E-state index in [1.807, 2.05) is 38.4 Å². The van der Waals surface area contributed by atoms with Gasteiger partial charge in [-0.3, -0.25) is 9.59 Å². The number of nitrogens with zero attached hydrogens (tertiary/aromatic N) is 3. The number of nitrogens with one attached hydrogen (secondary N) is 1. The van der Waals surface area contributed by atoms with Crippen molar-refractivity contribution < 1.29 is 18.8 Å². The standard InChI is InChI=1S/C28H35BrN4O4S/c1-18(2)25(23-15-24(32-37-23)36-14-5-4-12-29)28(35)33-13-6-7-22(33)27(34)30-16-20-8-10-21(11-9-20)26-19(3)31-17-38-26/h8-11,15,17-18,22,25H,4-7,12-14,16H2,1-3H3,(H,30,34). The molecule has 204 valence electrons. The van der Waals surface area contributed by atoms with Crippen molar-refractivity contribution in [2.24, 2.45) is 5.92 Å². The molecule has 1 aromatic carbocycles. The molecule has 2 aromatic heterocycles.